The van der Waals surface area contributed by atoms with Gasteiger partial charge in [-0.25, -0.2) is 18.1 Å². The van der Waals surface area contributed by atoms with Crippen LogP contribution < -0.4 is 4.72 Å². The van der Waals surface area contributed by atoms with Gasteiger partial charge in [0.05, 0.1) is 18.0 Å². The Labute approximate surface area is 121 Å². The van der Waals surface area contributed by atoms with Gasteiger partial charge in [0.25, 0.3) is 0 Å². The number of nitrogens with zero attached hydrogens (tertiary/aromatic N) is 3. The smallest absolute Gasteiger partial charge is 0.240 e. The third-order valence-electron chi connectivity index (χ3n) is 2.57. The summed E-state index contributed by atoms with van der Waals surface area (Å²) in [5.41, 5.74) is 0.352. The maximum atomic E-state index is 12.1. The molecule has 0 aliphatic rings. The van der Waals surface area contributed by atoms with Crippen LogP contribution in [0.1, 0.15) is 11.4 Å². The Bertz CT molecular complexity index is 714. The number of aryl methyl sites for hydroxylation is 1. The van der Waals surface area contributed by atoms with Gasteiger partial charge >= 0.3 is 0 Å². The van der Waals surface area contributed by atoms with Crippen LogP contribution in [0.15, 0.2) is 29.4 Å². The number of aliphatic hydroxyl groups excluding tert-OH is 1. The summed E-state index contributed by atoms with van der Waals surface area (Å²) in [4.78, 5) is 3.95. The molecule has 1 aromatic heterocycles. The summed E-state index contributed by atoms with van der Waals surface area (Å²) >= 11 is 5.82. The van der Waals surface area contributed by atoms with Crippen molar-refractivity contribution >= 4 is 21.6 Å². The van der Waals surface area contributed by atoms with Gasteiger partial charge in [0, 0.05) is 12.1 Å². The van der Waals surface area contributed by atoms with Crippen LogP contribution in [0, 0.1) is 0 Å². The van der Waals surface area contributed by atoms with Crippen LogP contribution in [0.5, 0.6) is 0 Å². The van der Waals surface area contributed by atoms with Gasteiger partial charge in [-0.15, -0.1) is 0 Å². The van der Waals surface area contributed by atoms with E-state index < -0.39 is 10.0 Å². The molecule has 0 saturated carbocycles. The molecule has 0 fully saturated rings. The standard InChI is InChI=1S/C11H13ClN4O3S/c1-16-7-13-11(15-16)5-14-20(18,19)9-2-3-10(12)8(4-9)6-17/h2-4,7,14,17H,5-6H2,1H3. The van der Waals surface area contributed by atoms with Crippen molar-refractivity contribution < 1.29 is 13.5 Å². The van der Waals surface area contributed by atoms with E-state index in [-0.39, 0.29) is 18.0 Å². The Kier molecular flexibility index (Phi) is 4.39. The van der Waals surface area contributed by atoms with Crippen molar-refractivity contribution in [2.45, 2.75) is 18.0 Å². The molecule has 1 heterocycles. The van der Waals surface area contributed by atoms with Gasteiger partial charge in [-0.1, -0.05) is 11.6 Å². The second-order valence-corrected chi connectivity index (χ2v) is 6.24. The van der Waals surface area contributed by atoms with Crippen LogP contribution >= 0.6 is 11.6 Å². The molecule has 0 aliphatic carbocycles. The molecule has 0 unspecified atom stereocenters. The first-order chi connectivity index (χ1) is 9.42. The number of nitrogens with one attached hydrogen (secondary N) is 1. The van der Waals surface area contributed by atoms with Gasteiger partial charge in [-0.05, 0) is 23.8 Å². The molecule has 0 radical (unpaired) electrons. The molecule has 7 nitrogen and oxygen atoms in total. The van der Waals surface area contributed by atoms with E-state index in [0.29, 0.717) is 16.4 Å². The quantitative estimate of drug-likeness (QED) is 0.834. The number of hydrogen-bond acceptors (Lipinski definition) is 5. The lowest BCUT2D eigenvalue weighted by molar-refractivity contribution is 0.281. The summed E-state index contributed by atoms with van der Waals surface area (Å²) in [5.74, 6) is 0.368. The average Bonchev–Trinajstić information content (AvgIpc) is 2.83. The highest BCUT2D eigenvalue weighted by molar-refractivity contribution is 7.89. The molecule has 9 heteroatoms. The molecule has 0 spiro atoms. The Morgan fingerprint density at radius 2 is 2.20 bits per heavy atom. The summed E-state index contributed by atoms with van der Waals surface area (Å²) in [6, 6.07) is 4.13. The van der Waals surface area contributed by atoms with E-state index in [2.05, 4.69) is 14.8 Å². The molecule has 1 aromatic carbocycles. The number of rotatable bonds is 5. The van der Waals surface area contributed by atoms with Gasteiger partial charge in [-0.3, -0.25) is 4.68 Å². The fraction of sp³-hybridized carbons (Fsp3) is 0.273. The third kappa shape index (κ3) is 3.34. The normalized spacial score (nSPS) is 11.8. The molecule has 0 bridgehead atoms. The average molecular weight is 317 g/mol. The summed E-state index contributed by atoms with van der Waals surface area (Å²) in [6.07, 6.45) is 1.48. The van der Waals surface area contributed by atoms with E-state index in [1.165, 1.54) is 29.2 Å². The zero-order chi connectivity index (χ0) is 14.8. The first kappa shape index (κ1) is 14.9. The van der Waals surface area contributed by atoms with Crippen molar-refractivity contribution in [3.63, 3.8) is 0 Å². The SMILES string of the molecule is Cn1cnc(CNS(=O)(=O)c2ccc(Cl)c(CO)c2)n1. The van der Waals surface area contributed by atoms with Crippen LogP contribution in [0.4, 0.5) is 0 Å². The van der Waals surface area contributed by atoms with Gasteiger partial charge in [0.1, 0.15) is 6.33 Å². The van der Waals surface area contributed by atoms with E-state index >= 15 is 0 Å². The highest BCUT2D eigenvalue weighted by Gasteiger charge is 2.16. The molecule has 0 aliphatic heterocycles. The van der Waals surface area contributed by atoms with Gasteiger partial charge < -0.3 is 5.11 Å². The lowest BCUT2D eigenvalue weighted by atomic mass is 10.2. The van der Waals surface area contributed by atoms with Crippen molar-refractivity contribution in [3.8, 4) is 0 Å². The zero-order valence-electron chi connectivity index (χ0n) is 10.6. The minimum atomic E-state index is -3.71. The van der Waals surface area contributed by atoms with E-state index in [1.807, 2.05) is 0 Å². The van der Waals surface area contributed by atoms with Crippen molar-refractivity contribution in [1.82, 2.24) is 19.5 Å². The number of benzene rings is 1. The Balaban J connectivity index is 2.17. The molecule has 0 saturated heterocycles. The fourth-order valence-corrected chi connectivity index (χ4v) is 2.75. The monoisotopic (exact) mass is 316 g/mol. The maximum absolute atomic E-state index is 12.1. The summed E-state index contributed by atoms with van der Waals surface area (Å²) in [7, 11) is -2.02. The predicted molar refractivity (Wildman–Crippen MR) is 72.4 cm³/mol. The molecule has 2 N–H and O–H groups in total. The molecule has 0 amide bonds. The van der Waals surface area contributed by atoms with Crippen molar-refractivity contribution in [1.29, 1.82) is 0 Å². The first-order valence-electron chi connectivity index (χ1n) is 5.66. The highest BCUT2D eigenvalue weighted by atomic mass is 35.5. The van der Waals surface area contributed by atoms with E-state index in [1.54, 1.807) is 7.05 Å². The maximum Gasteiger partial charge on any atom is 0.240 e. The zero-order valence-corrected chi connectivity index (χ0v) is 12.2. The Morgan fingerprint density at radius 1 is 1.45 bits per heavy atom. The fourth-order valence-electron chi connectivity index (χ4n) is 1.55. The first-order valence-corrected chi connectivity index (χ1v) is 7.52. The van der Waals surface area contributed by atoms with Gasteiger partial charge in [0.2, 0.25) is 10.0 Å². The largest absolute Gasteiger partial charge is 0.392 e. The summed E-state index contributed by atoms with van der Waals surface area (Å²) < 4.78 is 28.1. The minimum absolute atomic E-state index is 0.0136. The second-order valence-electron chi connectivity index (χ2n) is 4.07. The van der Waals surface area contributed by atoms with Crippen molar-refractivity contribution in [3.05, 3.63) is 40.9 Å². The van der Waals surface area contributed by atoms with Crippen molar-refractivity contribution in [2.75, 3.05) is 0 Å². The summed E-state index contributed by atoms with van der Waals surface area (Å²) in [6.45, 7) is -0.343. The van der Waals surface area contributed by atoms with Gasteiger partial charge in [-0.2, -0.15) is 5.10 Å². The topological polar surface area (TPSA) is 97.1 Å². The molecule has 108 valence electrons. The van der Waals surface area contributed by atoms with E-state index in [4.69, 9.17) is 16.7 Å². The van der Waals surface area contributed by atoms with Gasteiger partial charge in [0.15, 0.2) is 5.82 Å². The molecule has 20 heavy (non-hydrogen) atoms. The van der Waals surface area contributed by atoms with Crippen LogP contribution in [-0.4, -0.2) is 28.3 Å². The lowest BCUT2D eigenvalue weighted by Gasteiger charge is -2.07. The molecule has 2 aromatic rings. The van der Waals surface area contributed by atoms with Crippen LogP contribution in [0.25, 0.3) is 0 Å². The Morgan fingerprint density at radius 3 is 2.80 bits per heavy atom. The predicted octanol–water partition coefficient (Wildman–Crippen LogP) is 0.439. The van der Waals surface area contributed by atoms with E-state index in [9.17, 15) is 8.42 Å². The molecule has 2 rings (SSSR count). The molecule has 0 atom stereocenters. The third-order valence-corrected chi connectivity index (χ3v) is 4.33. The van der Waals surface area contributed by atoms with Crippen molar-refractivity contribution in [2.24, 2.45) is 7.05 Å². The molecular formula is C11H13ClN4O3S. The van der Waals surface area contributed by atoms with Crippen LogP contribution in [-0.2, 0) is 30.2 Å². The minimum Gasteiger partial charge on any atom is -0.392 e. The Hall–Kier alpha value is -1.48. The van der Waals surface area contributed by atoms with Crippen LogP contribution in [0.2, 0.25) is 5.02 Å². The highest BCUT2D eigenvalue weighted by Crippen LogP contribution is 2.20. The van der Waals surface area contributed by atoms with Crippen LogP contribution in [0.3, 0.4) is 0 Å². The number of aromatic nitrogens is 3. The number of hydrogen-bond donors (Lipinski definition) is 2. The number of aliphatic hydroxyl groups is 1. The molecular weight excluding hydrogens is 304 g/mol. The second kappa shape index (κ2) is 5.88. The lowest BCUT2D eigenvalue weighted by Crippen LogP contribution is -2.24. The number of halogens is 1. The number of sulfonamides is 1. The van der Waals surface area contributed by atoms with E-state index in [0.717, 1.165) is 0 Å². The summed E-state index contributed by atoms with van der Waals surface area (Å²) in [5, 5.41) is 13.4.